The molecule has 238 valence electrons. The van der Waals surface area contributed by atoms with Gasteiger partial charge >= 0.3 is 6.09 Å². The molecule has 0 aliphatic heterocycles. The molecule has 2 saturated carbocycles. The third-order valence-electron chi connectivity index (χ3n) is 8.04. The molecule has 2 fully saturated rings. The summed E-state index contributed by atoms with van der Waals surface area (Å²) in [5.41, 5.74) is -0.642. The molecule has 44 heavy (non-hydrogen) atoms. The largest absolute Gasteiger partial charge is 0.444 e. The van der Waals surface area contributed by atoms with E-state index in [1.54, 1.807) is 37.6 Å². The molecule has 3 aromatic heterocycles. The van der Waals surface area contributed by atoms with E-state index in [-0.39, 0.29) is 23.3 Å². The van der Waals surface area contributed by atoms with E-state index < -0.39 is 29.7 Å². The average molecular weight is 614 g/mol. The van der Waals surface area contributed by atoms with Crippen molar-refractivity contribution in [2.45, 2.75) is 77.4 Å². The van der Waals surface area contributed by atoms with Gasteiger partial charge in [-0.05, 0) is 96.9 Å². The molecule has 1 N–H and O–H groups in total. The van der Waals surface area contributed by atoms with E-state index in [1.807, 2.05) is 7.05 Å². The summed E-state index contributed by atoms with van der Waals surface area (Å²) in [5, 5.41) is 7.41. The number of pyridine rings is 1. The van der Waals surface area contributed by atoms with Gasteiger partial charge in [0, 0.05) is 31.5 Å². The number of carbonyl (C=O) groups excluding carboxylic acids is 2. The molecular formula is C31H41F2N7O4. The molecule has 0 saturated heterocycles. The third kappa shape index (κ3) is 7.43. The van der Waals surface area contributed by atoms with E-state index in [2.05, 4.69) is 20.4 Å². The van der Waals surface area contributed by atoms with Crippen molar-refractivity contribution in [3.05, 3.63) is 42.2 Å². The SMILES string of the molecule is CNCC1CCC(n2cc(N(C)C(=O)c3coc(-c4ccnc(N(CC5CC5)C(=O)OC(C)(C)C)c4)n3)c(C(F)F)n2)CC1. The van der Waals surface area contributed by atoms with Crippen LogP contribution >= 0.6 is 0 Å². The van der Waals surface area contributed by atoms with Crippen LogP contribution in [0.3, 0.4) is 0 Å². The zero-order valence-corrected chi connectivity index (χ0v) is 25.9. The number of oxazole rings is 1. The maximum Gasteiger partial charge on any atom is 0.416 e. The van der Waals surface area contributed by atoms with Crippen LogP contribution in [-0.4, -0.2) is 64.5 Å². The second kappa shape index (κ2) is 13.0. The zero-order chi connectivity index (χ0) is 31.6. The molecule has 0 aromatic carbocycles. The molecule has 5 rings (SSSR count). The minimum atomic E-state index is -2.85. The Kier molecular flexibility index (Phi) is 9.33. The van der Waals surface area contributed by atoms with Crippen LogP contribution < -0.4 is 15.1 Å². The van der Waals surface area contributed by atoms with Gasteiger partial charge in [0.1, 0.15) is 17.7 Å². The standard InChI is InChI=1S/C31H41F2N7O4/c1-31(2,3)44-30(42)39(16-20-6-7-20)25-14-21(12-13-35-25)28-36-23(18-43-28)29(41)38(5)24-17-40(37-26(24)27(32)33)22-10-8-19(9-11-22)15-34-4/h12-14,17-20,22,27,34H,6-11,15-16H2,1-5H3. The molecule has 3 aromatic rings. The van der Waals surface area contributed by atoms with Crippen LogP contribution in [0.1, 0.15) is 87.9 Å². The summed E-state index contributed by atoms with van der Waals surface area (Å²) >= 11 is 0. The number of anilines is 2. The fraction of sp³-hybridized carbons (Fsp3) is 0.581. The van der Waals surface area contributed by atoms with Gasteiger partial charge in [-0.1, -0.05) is 0 Å². The van der Waals surface area contributed by atoms with Crippen molar-refractivity contribution >= 4 is 23.5 Å². The van der Waals surface area contributed by atoms with Crippen molar-refractivity contribution in [2.24, 2.45) is 11.8 Å². The van der Waals surface area contributed by atoms with Gasteiger partial charge in [-0.3, -0.25) is 14.4 Å². The van der Waals surface area contributed by atoms with Gasteiger partial charge < -0.3 is 19.4 Å². The van der Waals surface area contributed by atoms with Gasteiger partial charge in [-0.25, -0.2) is 23.5 Å². The van der Waals surface area contributed by atoms with E-state index >= 15 is 0 Å². The minimum absolute atomic E-state index is 0.00226. The lowest BCUT2D eigenvalue weighted by atomic mass is 9.86. The summed E-state index contributed by atoms with van der Waals surface area (Å²) in [4.78, 5) is 37.8. The van der Waals surface area contributed by atoms with Crippen LogP contribution in [0.5, 0.6) is 0 Å². The molecular weight excluding hydrogens is 572 g/mol. The Morgan fingerprint density at radius 3 is 2.50 bits per heavy atom. The number of hydrogen-bond donors (Lipinski definition) is 1. The van der Waals surface area contributed by atoms with Gasteiger partial charge in [0.15, 0.2) is 11.4 Å². The summed E-state index contributed by atoms with van der Waals surface area (Å²) in [6.45, 7) is 6.82. The number of hydrogen-bond acceptors (Lipinski definition) is 8. The molecule has 11 nitrogen and oxygen atoms in total. The highest BCUT2D eigenvalue weighted by Crippen LogP contribution is 2.36. The Morgan fingerprint density at radius 1 is 1.16 bits per heavy atom. The van der Waals surface area contributed by atoms with Crippen LogP contribution in [-0.2, 0) is 4.74 Å². The first kappa shape index (κ1) is 31.6. The number of alkyl halides is 2. The predicted molar refractivity (Wildman–Crippen MR) is 161 cm³/mol. The monoisotopic (exact) mass is 613 g/mol. The van der Waals surface area contributed by atoms with Crippen LogP contribution in [0.15, 0.2) is 35.2 Å². The van der Waals surface area contributed by atoms with Crippen LogP contribution in [0.2, 0.25) is 0 Å². The van der Waals surface area contributed by atoms with E-state index in [1.165, 1.54) is 30.6 Å². The number of carbonyl (C=O) groups is 2. The normalized spacial score (nSPS) is 18.8. The summed E-state index contributed by atoms with van der Waals surface area (Å²) in [5.74, 6) is 0.828. The Balaban J connectivity index is 1.33. The first-order chi connectivity index (χ1) is 20.9. The van der Waals surface area contributed by atoms with Gasteiger partial charge in [-0.15, -0.1) is 0 Å². The Labute approximate surface area is 256 Å². The molecule has 2 amide bonds. The van der Waals surface area contributed by atoms with Gasteiger partial charge in [-0.2, -0.15) is 5.10 Å². The lowest BCUT2D eigenvalue weighted by molar-refractivity contribution is 0.0577. The third-order valence-corrected chi connectivity index (χ3v) is 8.04. The fourth-order valence-corrected chi connectivity index (χ4v) is 5.52. The van der Waals surface area contributed by atoms with Crippen molar-refractivity contribution in [2.75, 3.05) is 37.0 Å². The highest BCUT2D eigenvalue weighted by Gasteiger charge is 2.32. The highest BCUT2D eigenvalue weighted by atomic mass is 19.3. The summed E-state index contributed by atoms with van der Waals surface area (Å²) in [7, 11) is 3.35. The number of nitrogens with zero attached hydrogens (tertiary/aromatic N) is 6. The molecule has 3 heterocycles. The number of aromatic nitrogens is 4. The smallest absolute Gasteiger partial charge is 0.416 e. The van der Waals surface area contributed by atoms with Crippen LogP contribution in [0.25, 0.3) is 11.5 Å². The topological polar surface area (TPSA) is 119 Å². The number of ether oxygens (including phenoxy) is 1. The quantitative estimate of drug-likeness (QED) is 0.285. The fourth-order valence-electron chi connectivity index (χ4n) is 5.52. The van der Waals surface area contributed by atoms with Crippen molar-refractivity contribution < 1.29 is 27.5 Å². The molecule has 0 atom stereocenters. The Hall–Kier alpha value is -3.87. The van der Waals surface area contributed by atoms with Gasteiger partial charge in [0.2, 0.25) is 5.89 Å². The van der Waals surface area contributed by atoms with E-state index in [0.717, 1.165) is 50.0 Å². The Bertz CT molecular complexity index is 1460. The Morgan fingerprint density at radius 2 is 1.86 bits per heavy atom. The van der Waals surface area contributed by atoms with Crippen LogP contribution in [0, 0.1) is 11.8 Å². The number of nitrogens with one attached hydrogen (secondary N) is 1. The summed E-state index contributed by atoms with van der Waals surface area (Å²) < 4.78 is 40.9. The lowest BCUT2D eigenvalue weighted by Crippen LogP contribution is -2.38. The number of amides is 2. The van der Waals surface area contributed by atoms with E-state index in [0.29, 0.717) is 29.8 Å². The van der Waals surface area contributed by atoms with E-state index in [4.69, 9.17) is 9.15 Å². The highest BCUT2D eigenvalue weighted by molar-refractivity contribution is 6.04. The molecule has 13 heteroatoms. The van der Waals surface area contributed by atoms with Crippen molar-refractivity contribution in [3.8, 4) is 11.5 Å². The van der Waals surface area contributed by atoms with Crippen molar-refractivity contribution in [1.29, 1.82) is 0 Å². The minimum Gasteiger partial charge on any atom is -0.444 e. The predicted octanol–water partition coefficient (Wildman–Crippen LogP) is 6.25. The van der Waals surface area contributed by atoms with E-state index in [9.17, 15) is 18.4 Å². The second-order valence-corrected chi connectivity index (χ2v) is 12.8. The molecule has 2 aliphatic carbocycles. The zero-order valence-electron chi connectivity index (χ0n) is 25.9. The number of halogens is 2. The average Bonchev–Trinajstić information content (AvgIpc) is 3.47. The van der Waals surface area contributed by atoms with Gasteiger partial charge in [0.05, 0.1) is 11.7 Å². The van der Waals surface area contributed by atoms with Crippen LogP contribution in [0.4, 0.5) is 25.1 Å². The van der Waals surface area contributed by atoms with Gasteiger partial charge in [0.25, 0.3) is 12.3 Å². The first-order valence-electron chi connectivity index (χ1n) is 15.2. The van der Waals surface area contributed by atoms with Crippen molar-refractivity contribution in [1.82, 2.24) is 25.1 Å². The molecule has 0 spiro atoms. The second-order valence-electron chi connectivity index (χ2n) is 12.8. The molecule has 2 aliphatic rings. The molecule has 0 bridgehead atoms. The number of rotatable bonds is 10. The maximum atomic E-state index is 14.1. The summed E-state index contributed by atoms with van der Waals surface area (Å²) in [6, 6.07) is 3.31. The van der Waals surface area contributed by atoms with Crippen molar-refractivity contribution in [3.63, 3.8) is 0 Å². The summed E-state index contributed by atoms with van der Waals surface area (Å²) in [6.07, 6.45) is 6.59. The molecule has 0 radical (unpaired) electrons. The first-order valence-corrected chi connectivity index (χ1v) is 15.2. The maximum absolute atomic E-state index is 14.1. The molecule has 0 unspecified atom stereocenters. The lowest BCUT2D eigenvalue weighted by Gasteiger charge is -2.28.